The number of ether oxygens (including phenoxy) is 2. The quantitative estimate of drug-likeness (QED) is 0.160. The summed E-state index contributed by atoms with van der Waals surface area (Å²) in [5.41, 5.74) is -1.27. The SMILES string of the molecule is CO[C@@]1(NC(=O)CSC(C=O)C2CCCCO2)C(=O)N2C(C(=O)O)=C(CSc3nnnn3C)CS[C@H]21. The van der Waals surface area contributed by atoms with Crippen molar-refractivity contribution in [3.8, 4) is 0 Å². The van der Waals surface area contributed by atoms with Crippen molar-refractivity contribution in [3.05, 3.63) is 11.3 Å². The lowest BCUT2D eigenvalue weighted by atomic mass is 9.98. The maximum atomic E-state index is 13.2. The molecular weight excluding hydrogens is 532 g/mol. The van der Waals surface area contributed by atoms with E-state index in [1.807, 2.05) is 0 Å². The van der Waals surface area contributed by atoms with Crippen molar-refractivity contribution in [3.63, 3.8) is 0 Å². The number of carbonyl (C=O) groups is 4. The van der Waals surface area contributed by atoms with Crippen LogP contribution in [0.1, 0.15) is 19.3 Å². The van der Waals surface area contributed by atoms with Gasteiger partial charge in [-0.2, -0.15) is 0 Å². The van der Waals surface area contributed by atoms with Gasteiger partial charge in [-0.1, -0.05) is 11.8 Å². The number of aromatic nitrogens is 4. The average molecular weight is 559 g/mol. The van der Waals surface area contributed by atoms with Gasteiger partial charge in [-0.25, -0.2) is 9.48 Å². The zero-order chi connectivity index (χ0) is 25.9. The third-order valence-electron chi connectivity index (χ3n) is 6.04. The summed E-state index contributed by atoms with van der Waals surface area (Å²) in [6.07, 6.45) is 3.22. The largest absolute Gasteiger partial charge is 0.477 e. The maximum absolute atomic E-state index is 13.2. The average Bonchev–Trinajstić information content (AvgIpc) is 3.30. The number of carboxylic acid groups (broad SMARTS) is 1. The second kappa shape index (κ2) is 11.5. The summed E-state index contributed by atoms with van der Waals surface area (Å²) in [6.45, 7) is 0.590. The van der Waals surface area contributed by atoms with E-state index in [4.69, 9.17) is 9.47 Å². The van der Waals surface area contributed by atoms with Gasteiger partial charge < -0.3 is 24.7 Å². The van der Waals surface area contributed by atoms with Gasteiger partial charge in [-0.15, -0.1) is 28.6 Å². The van der Waals surface area contributed by atoms with Gasteiger partial charge in [0.15, 0.2) is 0 Å². The standard InChI is InChI=1S/C20H26N6O7S3/c1-25-19(22-23-24-25)36-9-11-8-35-18-20(32-2,17(31)26(18)15(11)16(29)30)21-14(28)10-34-13(7-27)12-5-3-4-6-33-12/h7,12-13,18H,3-6,8-10H2,1-2H3,(H,21,28)(H,29,30)/t12?,13?,18-,20-/m0/s1. The van der Waals surface area contributed by atoms with Crippen LogP contribution in [-0.4, -0.2) is 108 Å². The van der Waals surface area contributed by atoms with Crippen LogP contribution in [0.3, 0.4) is 0 Å². The first-order valence-corrected chi connectivity index (χ1v) is 14.2. The Balaban J connectivity index is 1.42. The maximum Gasteiger partial charge on any atom is 0.352 e. The lowest BCUT2D eigenvalue weighted by Crippen LogP contribution is -2.80. The Hall–Kier alpha value is -2.14. The minimum absolute atomic E-state index is 0.0751. The Kier molecular flexibility index (Phi) is 8.59. The van der Waals surface area contributed by atoms with Crippen LogP contribution in [0, 0.1) is 0 Å². The van der Waals surface area contributed by atoms with Gasteiger partial charge in [0.1, 0.15) is 17.4 Å². The number of β-lactam (4-membered cyclic amide) rings is 1. The van der Waals surface area contributed by atoms with Crippen LogP contribution in [0.15, 0.2) is 16.4 Å². The molecule has 4 atom stereocenters. The smallest absolute Gasteiger partial charge is 0.352 e. The normalized spacial score (nSPS) is 26.7. The molecule has 36 heavy (non-hydrogen) atoms. The van der Waals surface area contributed by atoms with Crippen LogP contribution in [0.2, 0.25) is 0 Å². The second-order valence-electron chi connectivity index (χ2n) is 8.27. The molecule has 2 saturated heterocycles. The van der Waals surface area contributed by atoms with E-state index in [2.05, 4.69) is 20.8 Å². The van der Waals surface area contributed by atoms with E-state index in [0.29, 0.717) is 23.1 Å². The molecule has 0 spiro atoms. The number of hydrogen-bond acceptors (Lipinski definition) is 12. The van der Waals surface area contributed by atoms with E-state index < -0.39 is 34.1 Å². The third-order valence-corrected chi connectivity index (χ3v) is 9.74. The first kappa shape index (κ1) is 26.9. The molecule has 196 valence electrons. The number of fused-ring (bicyclic) bond motifs is 1. The van der Waals surface area contributed by atoms with E-state index in [1.165, 1.54) is 35.3 Å². The molecule has 13 nitrogen and oxygen atoms in total. The summed E-state index contributed by atoms with van der Waals surface area (Å²) in [5, 5.41) is 23.0. The summed E-state index contributed by atoms with van der Waals surface area (Å²) in [5.74, 6) is -1.88. The van der Waals surface area contributed by atoms with E-state index >= 15 is 0 Å². The van der Waals surface area contributed by atoms with Crippen molar-refractivity contribution in [2.24, 2.45) is 7.05 Å². The molecule has 16 heteroatoms. The molecule has 0 aliphatic carbocycles. The number of carboxylic acids is 1. The van der Waals surface area contributed by atoms with Crippen LogP contribution in [0.4, 0.5) is 0 Å². The highest BCUT2D eigenvalue weighted by atomic mass is 32.2. The Labute approximate surface area is 219 Å². The highest BCUT2D eigenvalue weighted by Gasteiger charge is 2.66. The van der Waals surface area contributed by atoms with Crippen LogP contribution in [0.25, 0.3) is 0 Å². The molecule has 0 saturated carbocycles. The Morgan fingerprint density at radius 2 is 2.25 bits per heavy atom. The number of carbonyl (C=O) groups excluding carboxylic acids is 3. The molecule has 3 aliphatic rings. The summed E-state index contributed by atoms with van der Waals surface area (Å²) >= 11 is 3.71. The first-order chi connectivity index (χ1) is 17.3. The number of methoxy groups -OCH3 is 1. The highest BCUT2D eigenvalue weighted by molar-refractivity contribution is 8.01. The molecule has 1 aromatic rings. The van der Waals surface area contributed by atoms with Gasteiger partial charge in [-0.05, 0) is 35.3 Å². The molecule has 4 heterocycles. The second-order valence-corrected chi connectivity index (χ2v) is 11.5. The van der Waals surface area contributed by atoms with Crippen molar-refractivity contribution in [1.82, 2.24) is 30.4 Å². The predicted molar refractivity (Wildman–Crippen MR) is 131 cm³/mol. The van der Waals surface area contributed by atoms with Crippen LogP contribution >= 0.6 is 35.3 Å². The van der Waals surface area contributed by atoms with Gasteiger partial charge in [-0.3, -0.25) is 14.5 Å². The minimum Gasteiger partial charge on any atom is -0.477 e. The van der Waals surface area contributed by atoms with Crippen molar-refractivity contribution in [2.75, 3.05) is 31.0 Å². The van der Waals surface area contributed by atoms with E-state index in [9.17, 15) is 24.3 Å². The molecule has 2 N–H and O–H groups in total. The van der Waals surface area contributed by atoms with Crippen molar-refractivity contribution in [2.45, 2.75) is 46.9 Å². The molecule has 4 rings (SSSR count). The van der Waals surface area contributed by atoms with Gasteiger partial charge in [0.25, 0.3) is 11.6 Å². The molecular formula is C20H26N6O7S3. The van der Waals surface area contributed by atoms with Crippen LogP contribution < -0.4 is 5.32 Å². The highest BCUT2D eigenvalue weighted by Crippen LogP contribution is 2.47. The summed E-state index contributed by atoms with van der Waals surface area (Å²) in [7, 11) is 2.97. The third kappa shape index (κ3) is 5.14. The number of thioether (sulfide) groups is 3. The summed E-state index contributed by atoms with van der Waals surface area (Å²) in [4.78, 5) is 50.8. The van der Waals surface area contributed by atoms with E-state index in [-0.39, 0.29) is 23.3 Å². The van der Waals surface area contributed by atoms with E-state index in [0.717, 1.165) is 42.2 Å². The van der Waals surface area contributed by atoms with Gasteiger partial charge in [0, 0.05) is 32.3 Å². The lowest BCUT2D eigenvalue weighted by molar-refractivity contribution is -0.192. The number of nitrogens with zero attached hydrogens (tertiary/aromatic N) is 5. The predicted octanol–water partition coefficient (Wildman–Crippen LogP) is -0.115. The van der Waals surface area contributed by atoms with Gasteiger partial charge in [0.2, 0.25) is 11.1 Å². The number of aliphatic carboxylic acids is 1. The molecule has 0 aromatic carbocycles. The number of aldehydes is 1. The van der Waals surface area contributed by atoms with E-state index in [1.54, 1.807) is 7.05 Å². The molecule has 2 fully saturated rings. The molecule has 2 amide bonds. The fraction of sp³-hybridized carbons (Fsp3) is 0.650. The number of hydrogen-bond donors (Lipinski definition) is 2. The fourth-order valence-electron chi connectivity index (χ4n) is 4.22. The van der Waals surface area contributed by atoms with Crippen molar-refractivity contribution < 1.29 is 33.8 Å². The number of nitrogens with one attached hydrogen (secondary N) is 1. The molecule has 0 radical (unpaired) electrons. The van der Waals surface area contributed by atoms with Crippen LogP contribution in [0.5, 0.6) is 0 Å². The number of amides is 2. The van der Waals surface area contributed by atoms with Crippen molar-refractivity contribution in [1.29, 1.82) is 0 Å². The fourth-order valence-corrected chi connectivity index (χ4v) is 7.58. The number of rotatable bonds is 11. The number of tetrazole rings is 1. The summed E-state index contributed by atoms with van der Waals surface area (Å²) in [6, 6.07) is 0. The topological polar surface area (TPSA) is 166 Å². The van der Waals surface area contributed by atoms with Crippen molar-refractivity contribution >= 4 is 59.4 Å². The molecule has 0 bridgehead atoms. The molecule has 1 aromatic heterocycles. The zero-order valence-electron chi connectivity index (χ0n) is 19.6. The molecule has 2 unspecified atom stereocenters. The minimum atomic E-state index is -1.69. The Morgan fingerprint density at radius 1 is 1.44 bits per heavy atom. The summed E-state index contributed by atoms with van der Waals surface area (Å²) < 4.78 is 12.6. The van der Waals surface area contributed by atoms with Gasteiger partial charge >= 0.3 is 5.97 Å². The zero-order valence-corrected chi connectivity index (χ0v) is 22.1. The Morgan fingerprint density at radius 3 is 2.86 bits per heavy atom. The van der Waals surface area contributed by atoms with Crippen LogP contribution in [-0.2, 0) is 35.7 Å². The lowest BCUT2D eigenvalue weighted by Gasteiger charge is -2.55. The number of aryl methyl sites for hydroxylation is 1. The first-order valence-electron chi connectivity index (χ1n) is 11.1. The molecule has 3 aliphatic heterocycles. The Bertz CT molecular complexity index is 1060. The van der Waals surface area contributed by atoms with Gasteiger partial charge in [0.05, 0.1) is 17.1 Å². The monoisotopic (exact) mass is 558 g/mol.